The van der Waals surface area contributed by atoms with E-state index in [2.05, 4.69) is 71.5 Å². The maximum absolute atomic E-state index is 5.09. The van der Waals surface area contributed by atoms with Crippen molar-refractivity contribution < 1.29 is 4.74 Å². The van der Waals surface area contributed by atoms with E-state index in [-0.39, 0.29) is 0 Å². The van der Waals surface area contributed by atoms with Crippen LogP contribution in [0.4, 0.5) is 0 Å². The molecule has 0 aliphatic rings. The number of ether oxygens (including phenoxy) is 1. The SMILES string of the molecule is COCCNCc1cn(Cc2ccc(C)cc2)c2ccccc12. The number of fused-ring (bicyclic) bond motifs is 1. The minimum absolute atomic E-state index is 0.738. The summed E-state index contributed by atoms with van der Waals surface area (Å²) in [4.78, 5) is 0. The van der Waals surface area contributed by atoms with Crippen molar-refractivity contribution in [1.29, 1.82) is 0 Å². The molecule has 3 heteroatoms. The van der Waals surface area contributed by atoms with E-state index >= 15 is 0 Å². The Morgan fingerprint density at radius 2 is 1.83 bits per heavy atom. The minimum Gasteiger partial charge on any atom is -0.383 e. The summed E-state index contributed by atoms with van der Waals surface area (Å²) < 4.78 is 7.43. The second kappa shape index (κ2) is 7.44. The van der Waals surface area contributed by atoms with Crippen LogP contribution in [0.5, 0.6) is 0 Å². The molecule has 3 rings (SSSR count). The summed E-state index contributed by atoms with van der Waals surface area (Å²) in [5.41, 5.74) is 5.25. The molecule has 0 atom stereocenters. The summed E-state index contributed by atoms with van der Waals surface area (Å²) in [6.45, 7) is 5.50. The van der Waals surface area contributed by atoms with E-state index in [1.807, 2.05) is 0 Å². The third kappa shape index (κ3) is 3.81. The van der Waals surface area contributed by atoms with E-state index in [4.69, 9.17) is 4.74 Å². The van der Waals surface area contributed by atoms with E-state index in [1.54, 1.807) is 7.11 Å². The number of nitrogens with one attached hydrogen (secondary N) is 1. The first-order chi connectivity index (χ1) is 11.3. The Labute approximate surface area is 137 Å². The van der Waals surface area contributed by atoms with Crippen LogP contribution in [-0.4, -0.2) is 24.8 Å². The van der Waals surface area contributed by atoms with Gasteiger partial charge in [0.15, 0.2) is 0 Å². The van der Waals surface area contributed by atoms with Gasteiger partial charge < -0.3 is 14.6 Å². The molecule has 120 valence electrons. The number of nitrogens with zero attached hydrogens (tertiary/aromatic N) is 1. The number of rotatable bonds is 7. The topological polar surface area (TPSA) is 26.2 Å². The maximum atomic E-state index is 5.09. The Balaban J connectivity index is 1.83. The van der Waals surface area contributed by atoms with Gasteiger partial charge in [0.2, 0.25) is 0 Å². The Hall–Kier alpha value is -2.10. The monoisotopic (exact) mass is 308 g/mol. The van der Waals surface area contributed by atoms with Crippen molar-refractivity contribution in [3.8, 4) is 0 Å². The van der Waals surface area contributed by atoms with Crippen molar-refractivity contribution in [3.63, 3.8) is 0 Å². The van der Waals surface area contributed by atoms with Crippen LogP contribution in [0, 0.1) is 6.92 Å². The van der Waals surface area contributed by atoms with Crippen LogP contribution in [0.15, 0.2) is 54.7 Å². The summed E-state index contributed by atoms with van der Waals surface area (Å²) >= 11 is 0. The van der Waals surface area contributed by atoms with Crippen molar-refractivity contribution in [3.05, 3.63) is 71.4 Å². The van der Waals surface area contributed by atoms with Gasteiger partial charge in [0, 0.05) is 43.8 Å². The molecule has 0 radical (unpaired) electrons. The number of hydrogen-bond acceptors (Lipinski definition) is 2. The molecule has 3 aromatic rings. The Bertz CT molecular complexity index is 759. The summed E-state index contributed by atoms with van der Waals surface area (Å²) in [6.07, 6.45) is 2.27. The third-order valence-electron chi connectivity index (χ3n) is 4.14. The van der Waals surface area contributed by atoms with E-state index in [0.29, 0.717) is 0 Å². The smallest absolute Gasteiger partial charge is 0.0587 e. The van der Waals surface area contributed by atoms with Crippen molar-refractivity contribution in [1.82, 2.24) is 9.88 Å². The number of aromatic nitrogens is 1. The molecule has 1 aromatic heterocycles. The highest BCUT2D eigenvalue weighted by Gasteiger charge is 2.08. The molecule has 0 aliphatic heterocycles. The normalized spacial score (nSPS) is 11.2. The van der Waals surface area contributed by atoms with Crippen LogP contribution in [0.1, 0.15) is 16.7 Å². The highest BCUT2D eigenvalue weighted by molar-refractivity contribution is 5.84. The van der Waals surface area contributed by atoms with Gasteiger partial charge in [-0.05, 0) is 24.1 Å². The number of para-hydroxylation sites is 1. The van der Waals surface area contributed by atoms with Crippen LogP contribution >= 0.6 is 0 Å². The van der Waals surface area contributed by atoms with E-state index in [9.17, 15) is 0 Å². The molecule has 0 saturated carbocycles. The second-order valence-corrected chi connectivity index (χ2v) is 5.95. The average molecular weight is 308 g/mol. The molecule has 0 unspecified atom stereocenters. The Morgan fingerprint density at radius 3 is 2.61 bits per heavy atom. The summed E-state index contributed by atoms with van der Waals surface area (Å²) in [7, 11) is 1.73. The zero-order valence-electron chi connectivity index (χ0n) is 13.9. The fourth-order valence-electron chi connectivity index (χ4n) is 2.88. The van der Waals surface area contributed by atoms with E-state index in [0.717, 1.165) is 26.2 Å². The van der Waals surface area contributed by atoms with E-state index < -0.39 is 0 Å². The van der Waals surface area contributed by atoms with Crippen LogP contribution in [0.25, 0.3) is 10.9 Å². The first-order valence-electron chi connectivity index (χ1n) is 8.10. The predicted octanol–water partition coefficient (Wildman–Crippen LogP) is 3.73. The third-order valence-corrected chi connectivity index (χ3v) is 4.14. The lowest BCUT2D eigenvalue weighted by Crippen LogP contribution is -2.18. The minimum atomic E-state index is 0.738. The lowest BCUT2D eigenvalue weighted by molar-refractivity contribution is 0.199. The fourth-order valence-corrected chi connectivity index (χ4v) is 2.88. The van der Waals surface area contributed by atoms with Gasteiger partial charge in [-0.3, -0.25) is 0 Å². The molecule has 3 nitrogen and oxygen atoms in total. The molecule has 0 spiro atoms. The average Bonchev–Trinajstić information content (AvgIpc) is 2.92. The van der Waals surface area contributed by atoms with Gasteiger partial charge in [0.25, 0.3) is 0 Å². The summed E-state index contributed by atoms with van der Waals surface area (Å²) in [5.74, 6) is 0. The van der Waals surface area contributed by atoms with Crippen LogP contribution in [0.3, 0.4) is 0 Å². The summed E-state index contributed by atoms with van der Waals surface area (Å²) in [5, 5.41) is 4.76. The van der Waals surface area contributed by atoms with Crippen molar-refractivity contribution in [2.24, 2.45) is 0 Å². The quantitative estimate of drug-likeness (QED) is 0.673. The van der Waals surface area contributed by atoms with Gasteiger partial charge in [-0.2, -0.15) is 0 Å². The van der Waals surface area contributed by atoms with Gasteiger partial charge in [-0.15, -0.1) is 0 Å². The van der Waals surface area contributed by atoms with Gasteiger partial charge in [-0.25, -0.2) is 0 Å². The van der Waals surface area contributed by atoms with Crippen molar-refractivity contribution in [2.45, 2.75) is 20.0 Å². The molecule has 1 N–H and O–H groups in total. The number of methoxy groups -OCH3 is 1. The molecule has 1 heterocycles. The molecule has 0 fully saturated rings. The Kier molecular flexibility index (Phi) is 5.11. The highest BCUT2D eigenvalue weighted by atomic mass is 16.5. The van der Waals surface area contributed by atoms with Crippen LogP contribution < -0.4 is 5.32 Å². The molecule has 0 bridgehead atoms. The highest BCUT2D eigenvalue weighted by Crippen LogP contribution is 2.22. The molecule has 23 heavy (non-hydrogen) atoms. The number of hydrogen-bond donors (Lipinski definition) is 1. The fraction of sp³-hybridized carbons (Fsp3) is 0.300. The predicted molar refractivity (Wildman–Crippen MR) is 95.8 cm³/mol. The van der Waals surface area contributed by atoms with Crippen LogP contribution in [-0.2, 0) is 17.8 Å². The zero-order valence-corrected chi connectivity index (χ0v) is 13.9. The lowest BCUT2D eigenvalue weighted by Gasteiger charge is -2.06. The standard InChI is InChI=1S/C20H24N2O/c1-16-7-9-17(10-8-16)14-22-15-18(13-21-11-12-23-2)19-5-3-4-6-20(19)22/h3-10,15,21H,11-14H2,1-2H3. The molecule has 2 aromatic carbocycles. The number of aryl methyl sites for hydroxylation is 1. The van der Waals surface area contributed by atoms with Crippen molar-refractivity contribution >= 4 is 10.9 Å². The largest absolute Gasteiger partial charge is 0.383 e. The molecule has 0 aliphatic carbocycles. The first-order valence-corrected chi connectivity index (χ1v) is 8.10. The number of benzene rings is 2. The zero-order chi connectivity index (χ0) is 16.1. The van der Waals surface area contributed by atoms with E-state index in [1.165, 1.54) is 27.6 Å². The van der Waals surface area contributed by atoms with Crippen molar-refractivity contribution in [2.75, 3.05) is 20.3 Å². The second-order valence-electron chi connectivity index (χ2n) is 5.95. The Morgan fingerprint density at radius 1 is 1.04 bits per heavy atom. The van der Waals surface area contributed by atoms with Crippen LogP contribution in [0.2, 0.25) is 0 Å². The molecule has 0 saturated heterocycles. The maximum Gasteiger partial charge on any atom is 0.0587 e. The summed E-state index contributed by atoms with van der Waals surface area (Å²) in [6, 6.07) is 17.4. The van der Waals surface area contributed by atoms with Gasteiger partial charge in [-0.1, -0.05) is 48.0 Å². The van der Waals surface area contributed by atoms with Gasteiger partial charge >= 0.3 is 0 Å². The first kappa shape index (κ1) is 15.8. The molecular weight excluding hydrogens is 284 g/mol. The van der Waals surface area contributed by atoms with Gasteiger partial charge in [0.05, 0.1) is 6.61 Å². The lowest BCUT2D eigenvalue weighted by atomic mass is 10.1. The molecular formula is C20H24N2O. The molecule has 0 amide bonds. The van der Waals surface area contributed by atoms with Gasteiger partial charge in [0.1, 0.15) is 0 Å².